The van der Waals surface area contributed by atoms with E-state index in [0.29, 0.717) is 12.1 Å². The van der Waals surface area contributed by atoms with E-state index in [-0.39, 0.29) is 33.1 Å². The molecule has 4 rings (SSSR count). The molecule has 42 heavy (non-hydrogen) atoms. The van der Waals surface area contributed by atoms with Crippen LogP contribution in [0.1, 0.15) is 31.8 Å². The van der Waals surface area contributed by atoms with Gasteiger partial charge in [-0.2, -0.15) is 31.3 Å². The minimum Gasteiger partial charge on any atom is -0.478 e. The topological polar surface area (TPSA) is 97.8 Å². The lowest BCUT2D eigenvalue weighted by Crippen LogP contribution is -2.17. The fraction of sp³-hybridized carbons (Fsp3) is 0.0741. The first-order chi connectivity index (χ1) is 19.6. The van der Waals surface area contributed by atoms with E-state index in [1.165, 1.54) is 6.07 Å². The molecule has 0 bridgehead atoms. The summed E-state index contributed by atoms with van der Waals surface area (Å²) >= 11 is 11.8. The third-order valence-corrected chi connectivity index (χ3v) is 6.10. The second kappa shape index (κ2) is 11.8. The van der Waals surface area contributed by atoms with Gasteiger partial charge >= 0.3 is 18.3 Å². The number of carbonyl (C=O) groups is 2. The third kappa shape index (κ3) is 7.22. The molecule has 0 saturated carbocycles. The van der Waals surface area contributed by atoms with Crippen LogP contribution in [-0.2, 0) is 12.4 Å². The van der Waals surface area contributed by atoms with Gasteiger partial charge in [0, 0.05) is 6.07 Å². The SMILES string of the molecule is O=C(O)c1cc(Cl)c(Cl)cc1C(=O)Nc1ccc(Oc2cccc(C(F)(F)F)c2)nc1Oc1cccc(C(F)(F)F)c1. The predicted octanol–water partition coefficient (Wildman–Crippen LogP) is 8.96. The lowest BCUT2D eigenvalue weighted by Gasteiger charge is -2.15. The molecule has 0 atom stereocenters. The van der Waals surface area contributed by atoms with Gasteiger partial charge in [0.15, 0.2) is 0 Å². The molecule has 1 amide bonds. The van der Waals surface area contributed by atoms with Crippen molar-refractivity contribution in [3.63, 3.8) is 0 Å². The lowest BCUT2D eigenvalue weighted by atomic mass is 10.1. The van der Waals surface area contributed by atoms with Gasteiger partial charge in [0.25, 0.3) is 5.91 Å². The number of rotatable bonds is 7. The smallest absolute Gasteiger partial charge is 0.416 e. The Morgan fingerprint density at radius 1 is 0.738 bits per heavy atom. The summed E-state index contributed by atoms with van der Waals surface area (Å²) in [5.41, 5.74) is -3.29. The zero-order valence-corrected chi connectivity index (χ0v) is 22.0. The van der Waals surface area contributed by atoms with Crippen molar-refractivity contribution >= 4 is 40.8 Å². The van der Waals surface area contributed by atoms with Crippen LogP contribution in [0.4, 0.5) is 32.0 Å². The molecule has 0 fully saturated rings. The highest BCUT2D eigenvalue weighted by Crippen LogP contribution is 2.37. The Bertz CT molecular complexity index is 1680. The molecule has 2 N–H and O–H groups in total. The molecule has 0 aliphatic carbocycles. The highest BCUT2D eigenvalue weighted by Gasteiger charge is 2.32. The highest BCUT2D eigenvalue weighted by molar-refractivity contribution is 6.42. The first kappa shape index (κ1) is 30.5. The van der Waals surface area contributed by atoms with Gasteiger partial charge in [0.05, 0.1) is 32.3 Å². The number of benzene rings is 3. The van der Waals surface area contributed by atoms with Gasteiger partial charge in [-0.25, -0.2) is 4.79 Å². The van der Waals surface area contributed by atoms with Crippen LogP contribution in [0.5, 0.6) is 23.3 Å². The second-order valence-corrected chi connectivity index (χ2v) is 9.14. The number of nitrogens with one attached hydrogen (secondary N) is 1. The first-order valence-electron chi connectivity index (χ1n) is 11.4. The van der Waals surface area contributed by atoms with Gasteiger partial charge in [-0.15, -0.1) is 0 Å². The standard InChI is InChI=1S/C27H14Cl2F6N2O5/c28-19-11-17(18(25(39)40)12-20(19)29)23(38)36-21-7-8-22(41-15-5-1-3-13(9-15)26(30,31)32)37-24(21)42-16-6-2-4-14(10-16)27(33,34)35/h1-12H,(H,36,38)(H,39,40). The van der Waals surface area contributed by atoms with Gasteiger partial charge < -0.3 is 19.9 Å². The molecule has 0 radical (unpaired) electrons. The summed E-state index contributed by atoms with van der Waals surface area (Å²) in [6.07, 6.45) is -9.39. The number of aromatic carboxylic acids is 1. The fourth-order valence-corrected chi connectivity index (χ4v) is 3.79. The number of aromatic nitrogens is 1. The number of anilines is 1. The van der Waals surface area contributed by atoms with Crippen molar-refractivity contribution in [2.24, 2.45) is 0 Å². The maximum Gasteiger partial charge on any atom is 0.416 e. The number of carboxylic acid groups (broad SMARTS) is 1. The van der Waals surface area contributed by atoms with Crippen molar-refractivity contribution < 1.29 is 50.5 Å². The average Bonchev–Trinajstić information content (AvgIpc) is 2.90. The Kier molecular flexibility index (Phi) is 8.55. The minimum atomic E-state index is -4.72. The van der Waals surface area contributed by atoms with E-state index in [1.807, 2.05) is 0 Å². The van der Waals surface area contributed by atoms with E-state index < -0.39 is 52.4 Å². The molecular weight excluding hydrogens is 617 g/mol. The molecule has 15 heteroatoms. The fourth-order valence-electron chi connectivity index (χ4n) is 3.46. The summed E-state index contributed by atoms with van der Waals surface area (Å²) in [6.45, 7) is 0. The average molecular weight is 631 g/mol. The molecule has 0 saturated heterocycles. The second-order valence-electron chi connectivity index (χ2n) is 8.33. The van der Waals surface area contributed by atoms with Gasteiger partial charge in [-0.1, -0.05) is 35.3 Å². The Morgan fingerprint density at radius 2 is 1.26 bits per heavy atom. The van der Waals surface area contributed by atoms with Crippen molar-refractivity contribution in [3.8, 4) is 23.3 Å². The van der Waals surface area contributed by atoms with Gasteiger partial charge in [0.1, 0.15) is 17.2 Å². The third-order valence-electron chi connectivity index (χ3n) is 5.38. The Labute approximate surface area is 242 Å². The summed E-state index contributed by atoms with van der Waals surface area (Å²) in [5.74, 6) is -4.08. The largest absolute Gasteiger partial charge is 0.478 e. The van der Waals surface area contributed by atoms with Gasteiger partial charge in [0.2, 0.25) is 11.8 Å². The number of amides is 1. The molecule has 7 nitrogen and oxygen atoms in total. The first-order valence-corrected chi connectivity index (χ1v) is 12.1. The van der Waals surface area contributed by atoms with E-state index in [1.54, 1.807) is 0 Å². The number of ether oxygens (including phenoxy) is 2. The lowest BCUT2D eigenvalue weighted by molar-refractivity contribution is -0.138. The Balaban J connectivity index is 1.73. The van der Waals surface area contributed by atoms with Gasteiger partial charge in [-0.05, 0) is 54.6 Å². The number of hydrogen-bond donors (Lipinski definition) is 2. The Hall–Kier alpha value is -4.49. The van der Waals surface area contributed by atoms with Crippen LogP contribution >= 0.6 is 23.2 Å². The predicted molar refractivity (Wildman–Crippen MR) is 139 cm³/mol. The number of pyridine rings is 1. The number of nitrogens with zero attached hydrogens (tertiary/aromatic N) is 1. The van der Waals surface area contributed by atoms with Crippen LogP contribution in [0, 0.1) is 0 Å². The van der Waals surface area contributed by atoms with Crippen LogP contribution in [0.2, 0.25) is 10.0 Å². The van der Waals surface area contributed by atoms with Crippen molar-refractivity contribution in [2.75, 3.05) is 5.32 Å². The molecule has 218 valence electrons. The summed E-state index contributed by atoms with van der Waals surface area (Å²) in [6, 6.07) is 11.7. The molecule has 0 aliphatic heterocycles. The molecule has 0 aliphatic rings. The normalized spacial score (nSPS) is 11.6. The van der Waals surface area contributed by atoms with E-state index in [4.69, 9.17) is 32.7 Å². The summed E-state index contributed by atoms with van der Waals surface area (Å²) < 4.78 is 89.9. The number of alkyl halides is 6. The zero-order valence-electron chi connectivity index (χ0n) is 20.5. The van der Waals surface area contributed by atoms with Crippen molar-refractivity contribution in [2.45, 2.75) is 12.4 Å². The number of hydrogen-bond acceptors (Lipinski definition) is 5. The number of halogens is 8. The van der Waals surface area contributed by atoms with E-state index >= 15 is 0 Å². The van der Waals surface area contributed by atoms with E-state index in [2.05, 4.69) is 10.3 Å². The summed E-state index contributed by atoms with van der Waals surface area (Å²) in [4.78, 5) is 28.7. The van der Waals surface area contributed by atoms with Crippen LogP contribution in [0.15, 0.2) is 72.8 Å². The summed E-state index contributed by atoms with van der Waals surface area (Å²) in [7, 11) is 0. The van der Waals surface area contributed by atoms with Crippen LogP contribution in [-0.4, -0.2) is 22.0 Å². The van der Waals surface area contributed by atoms with Crippen molar-refractivity contribution in [3.05, 3.63) is 105 Å². The van der Waals surface area contributed by atoms with E-state index in [0.717, 1.165) is 54.6 Å². The Morgan fingerprint density at radius 3 is 1.79 bits per heavy atom. The van der Waals surface area contributed by atoms with Crippen molar-refractivity contribution in [1.29, 1.82) is 0 Å². The molecule has 1 aromatic heterocycles. The molecule has 4 aromatic rings. The van der Waals surface area contributed by atoms with Crippen molar-refractivity contribution in [1.82, 2.24) is 4.98 Å². The minimum absolute atomic E-state index is 0.142. The summed E-state index contributed by atoms with van der Waals surface area (Å²) in [5, 5.41) is 11.5. The van der Waals surface area contributed by atoms with Crippen LogP contribution in [0.25, 0.3) is 0 Å². The van der Waals surface area contributed by atoms with E-state index in [9.17, 15) is 41.0 Å². The molecule has 1 heterocycles. The highest BCUT2D eigenvalue weighted by atomic mass is 35.5. The number of carboxylic acids is 1. The molecule has 3 aromatic carbocycles. The maximum atomic E-state index is 13.2. The number of carbonyl (C=O) groups excluding carboxylic acids is 1. The van der Waals surface area contributed by atoms with Gasteiger partial charge in [-0.3, -0.25) is 4.79 Å². The van der Waals surface area contributed by atoms with Crippen LogP contribution in [0.3, 0.4) is 0 Å². The quantitative estimate of drug-likeness (QED) is 0.198. The van der Waals surface area contributed by atoms with Crippen LogP contribution < -0.4 is 14.8 Å². The zero-order chi connectivity index (χ0) is 30.8. The molecule has 0 unspecified atom stereocenters. The molecular formula is C27H14Cl2F6N2O5. The maximum absolute atomic E-state index is 13.2. The monoisotopic (exact) mass is 630 g/mol. The molecule has 0 spiro atoms.